The highest BCUT2D eigenvalue weighted by Crippen LogP contribution is 2.46. The molecule has 34 heavy (non-hydrogen) atoms. The van der Waals surface area contributed by atoms with Gasteiger partial charge in [0.15, 0.2) is 5.78 Å². The van der Waals surface area contributed by atoms with Crippen LogP contribution in [-0.4, -0.2) is 23.5 Å². The number of phenolic OH excluding ortho intramolecular Hbond substituents is 1. The minimum Gasteiger partial charge on any atom is -0.508 e. The minimum absolute atomic E-state index is 0.0453. The number of carbonyl (C=O) groups excluding carboxylic acids is 2. The molecule has 1 atom stereocenters. The van der Waals surface area contributed by atoms with Gasteiger partial charge in [0.2, 0.25) is 0 Å². The molecule has 2 aliphatic rings. The summed E-state index contributed by atoms with van der Waals surface area (Å²) in [5, 5.41) is 13.1. The lowest BCUT2D eigenvalue weighted by Gasteiger charge is -2.39. The Morgan fingerprint density at radius 2 is 1.82 bits per heavy atom. The number of ether oxygens (including phenoxy) is 1. The minimum atomic E-state index is -0.514. The number of hydrogen-bond donors (Lipinski definition) is 2. The fourth-order valence-electron chi connectivity index (χ4n) is 4.58. The van der Waals surface area contributed by atoms with Gasteiger partial charge in [-0.15, -0.1) is 0 Å². The summed E-state index contributed by atoms with van der Waals surface area (Å²) < 4.78 is 5.67. The SMILES string of the molecule is C/C=C\C(=C/C)CCOC(=O)C1=C(C)NC2=C(C(=O)CC(C)(C)C2)C1c1ccc(O)cc1.CC. The first kappa shape index (κ1) is 27.2. The number of hydrogen-bond acceptors (Lipinski definition) is 5. The second-order valence-electron chi connectivity index (χ2n) is 9.27. The topological polar surface area (TPSA) is 75.6 Å². The summed E-state index contributed by atoms with van der Waals surface area (Å²) in [5.74, 6) is -0.752. The zero-order chi connectivity index (χ0) is 25.5. The lowest BCUT2D eigenvalue weighted by atomic mass is 9.68. The molecule has 0 radical (unpaired) electrons. The summed E-state index contributed by atoms with van der Waals surface area (Å²) in [6.07, 6.45) is 7.74. The van der Waals surface area contributed by atoms with E-state index in [0.717, 1.165) is 23.3 Å². The van der Waals surface area contributed by atoms with Crippen LogP contribution in [-0.2, 0) is 14.3 Å². The van der Waals surface area contributed by atoms with Crippen LogP contribution in [0.3, 0.4) is 0 Å². The molecule has 0 aromatic heterocycles. The molecule has 0 bridgehead atoms. The average Bonchev–Trinajstić information content (AvgIpc) is 2.78. The number of dihydropyridines is 1. The van der Waals surface area contributed by atoms with Gasteiger partial charge < -0.3 is 15.2 Å². The normalized spacial score (nSPS) is 19.9. The molecule has 184 valence electrons. The number of ketones is 1. The zero-order valence-electron chi connectivity index (χ0n) is 21.6. The molecular formula is C29H39NO4. The summed E-state index contributed by atoms with van der Waals surface area (Å²) >= 11 is 0. The van der Waals surface area contributed by atoms with Gasteiger partial charge >= 0.3 is 5.97 Å². The molecule has 1 heterocycles. The van der Waals surface area contributed by atoms with Crippen LogP contribution in [0.2, 0.25) is 0 Å². The number of phenols is 1. The van der Waals surface area contributed by atoms with Crippen molar-refractivity contribution < 1.29 is 19.4 Å². The van der Waals surface area contributed by atoms with Crippen molar-refractivity contribution in [2.45, 2.75) is 73.6 Å². The lowest BCUT2D eigenvalue weighted by Crippen LogP contribution is -2.38. The molecular weight excluding hydrogens is 426 g/mol. The Bertz CT molecular complexity index is 1020. The maximum Gasteiger partial charge on any atom is 0.336 e. The standard InChI is InChI=1S/C27H33NO4.C2H6/c1-6-8-18(7-2)13-14-32-26(31)23-17(3)28-21-15-27(4,5)16-22(30)25(21)24(23)19-9-11-20(29)12-10-19;1-2/h6-12,24,28-29H,13-16H2,1-5H3;1-2H3/b8-6-,18-7+;. The van der Waals surface area contributed by atoms with Crippen molar-refractivity contribution in [3.05, 3.63) is 76.2 Å². The van der Waals surface area contributed by atoms with E-state index in [2.05, 4.69) is 19.2 Å². The van der Waals surface area contributed by atoms with Gasteiger partial charge in [0.05, 0.1) is 12.2 Å². The van der Waals surface area contributed by atoms with E-state index in [1.165, 1.54) is 0 Å². The van der Waals surface area contributed by atoms with Crippen LogP contribution in [0.4, 0.5) is 0 Å². The quantitative estimate of drug-likeness (QED) is 0.371. The Morgan fingerprint density at radius 1 is 1.18 bits per heavy atom. The summed E-state index contributed by atoms with van der Waals surface area (Å²) in [7, 11) is 0. The van der Waals surface area contributed by atoms with Gasteiger partial charge in [-0.25, -0.2) is 4.79 Å². The number of nitrogens with one attached hydrogen (secondary N) is 1. The molecule has 1 aliphatic carbocycles. The van der Waals surface area contributed by atoms with Gasteiger partial charge in [-0.2, -0.15) is 0 Å². The molecule has 3 rings (SSSR count). The molecule has 0 amide bonds. The Kier molecular flexibility index (Phi) is 9.48. The average molecular weight is 466 g/mol. The van der Waals surface area contributed by atoms with Gasteiger partial charge in [-0.3, -0.25) is 4.79 Å². The van der Waals surface area contributed by atoms with Crippen LogP contribution < -0.4 is 5.32 Å². The third kappa shape index (κ3) is 6.28. The molecule has 1 aromatic carbocycles. The molecule has 5 nitrogen and oxygen atoms in total. The van der Waals surface area contributed by atoms with Crippen LogP contribution in [0.1, 0.15) is 79.2 Å². The van der Waals surface area contributed by atoms with E-state index in [9.17, 15) is 14.7 Å². The number of aromatic hydroxyl groups is 1. The largest absolute Gasteiger partial charge is 0.508 e. The van der Waals surface area contributed by atoms with Crippen LogP contribution in [0.25, 0.3) is 0 Å². The van der Waals surface area contributed by atoms with E-state index in [1.807, 2.05) is 52.8 Å². The van der Waals surface area contributed by atoms with Crippen molar-refractivity contribution in [3.63, 3.8) is 0 Å². The molecule has 1 aliphatic heterocycles. The first-order chi connectivity index (χ1) is 16.2. The van der Waals surface area contributed by atoms with E-state index >= 15 is 0 Å². The number of esters is 1. The molecule has 1 unspecified atom stereocenters. The Balaban J connectivity index is 0.00000199. The van der Waals surface area contributed by atoms with Crippen molar-refractivity contribution in [1.29, 1.82) is 0 Å². The second-order valence-corrected chi connectivity index (χ2v) is 9.27. The number of benzene rings is 1. The summed E-state index contributed by atoms with van der Waals surface area (Å²) in [5.41, 5.74) is 4.42. The van der Waals surface area contributed by atoms with E-state index in [4.69, 9.17) is 4.74 Å². The summed E-state index contributed by atoms with van der Waals surface area (Å²) in [6, 6.07) is 6.71. The van der Waals surface area contributed by atoms with Crippen molar-refractivity contribution in [1.82, 2.24) is 5.32 Å². The van der Waals surface area contributed by atoms with Gasteiger partial charge in [-0.05, 0) is 55.9 Å². The summed E-state index contributed by atoms with van der Waals surface area (Å²) in [6.45, 7) is 14.2. The molecule has 0 saturated carbocycles. The first-order valence-corrected chi connectivity index (χ1v) is 12.1. The third-order valence-corrected chi connectivity index (χ3v) is 6.06. The maximum absolute atomic E-state index is 13.3. The van der Waals surface area contributed by atoms with Crippen molar-refractivity contribution in [2.24, 2.45) is 5.41 Å². The van der Waals surface area contributed by atoms with E-state index < -0.39 is 11.9 Å². The number of carbonyl (C=O) groups is 2. The Labute approximate surface area is 204 Å². The van der Waals surface area contributed by atoms with Crippen LogP contribution in [0, 0.1) is 5.41 Å². The zero-order valence-corrected chi connectivity index (χ0v) is 21.6. The first-order valence-electron chi connectivity index (χ1n) is 12.1. The van der Waals surface area contributed by atoms with Crippen LogP contribution >= 0.6 is 0 Å². The van der Waals surface area contributed by atoms with Gasteiger partial charge in [0.25, 0.3) is 0 Å². The van der Waals surface area contributed by atoms with Crippen molar-refractivity contribution >= 4 is 11.8 Å². The lowest BCUT2D eigenvalue weighted by molar-refractivity contribution is -0.139. The smallest absolute Gasteiger partial charge is 0.336 e. The monoisotopic (exact) mass is 465 g/mol. The van der Waals surface area contributed by atoms with Gasteiger partial charge in [-0.1, -0.05) is 58.1 Å². The number of allylic oxidation sites excluding steroid dienone is 6. The fraction of sp³-hybridized carbons (Fsp3) is 0.448. The van der Waals surface area contributed by atoms with Crippen molar-refractivity contribution in [2.75, 3.05) is 6.61 Å². The maximum atomic E-state index is 13.3. The Hall–Kier alpha value is -3.08. The highest BCUT2D eigenvalue weighted by Gasteiger charge is 2.43. The van der Waals surface area contributed by atoms with Crippen molar-refractivity contribution in [3.8, 4) is 5.75 Å². The highest BCUT2D eigenvalue weighted by molar-refractivity contribution is 6.04. The molecule has 2 N–H and O–H groups in total. The van der Waals surface area contributed by atoms with Crippen LogP contribution in [0.5, 0.6) is 5.75 Å². The predicted molar refractivity (Wildman–Crippen MR) is 137 cm³/mol. The molecule has 5 heteroatoms. The number of Topliss-reactive ketones (excluding diaryl/α,β-unsaturated/α-hetero) is 1. The summed E-state index contributed by atoms with van der Waals surface area (Å²) in [4.78, 5) is 26.5. The Morgan fingerprint density at radius 3 is 2.41 bits per heavy atom. The van der Waals surface area contributed by atoms with Crippen LogP contribution in [0.15, 0.2) is 70.6 Å². The number of rotatable bonds is 6. The molecule has 0 saturated heterocycles. The molecule has 0 fully saturated rings. The predicted octanol–water partition coefficient (Wildman–Crippen LogP) is 6.48. The fourth-order valence-corrected chi connectivity index (χ4v) is 4.58. The van der Waals surface area contributed by atoms with Gasteiger partial charge in [0, 0.05) is 35.7 Å². The van der Waals surface area contributed by atoms with E-state index in [-0.39, 0.29) is 23.6 Å². The van der Waals surface area contributed by atoms with E-state index in [0.29, 0.717) is 29.7 Å². The third-order valence-electron chi connectivity index (χ3n) is 6.06. The molecule has 1 aromatic rings. The van der Waals surface area contributed by atoms with E-state index in [1.54, 1.807) is 24.3 Å². The second kappa shape index (κ2) is 11.9. The van der Waals surface area contributed by atoms with Gasteiger partial charge in [0.1, 0.15) is 5.75 Å². The highest BCUT2D eigenvalue weighted by atomic mass is 16.5. The molecule has 0 spiro atoms.